The van der Waals surface area contributed by atoms with Gasteiger partial charge in [0.25, 0.3) is 15.9 Å². The van der Waals surface area contributed by atoms with E-state index in [1.165, 1.54) is 49.7 Å². The number of benzene rings is 2. The molecule has 10 heteroatoms. The van der Waals surface area contributed by atoms with Crippen molar-refractivity contribution in [3.63, 3.8) is 0 Å². The molecule has 0 saturated heterocycles. The fourth-order valence-corrected chi connectivity index (χ4v) is 4.14. The molecule has 2 aromatic carbocycles. The number of amides is 1. The van der Waals surface area contributed by atoms with Gasteiger partial charge in [0.1, 0.15) is 12.3 Å². The van der Waals surface area contributed by atoms with E-state index in [4.69, 9.17) is 16.3 Å². The van der Waals surface area contributed by atoms with Crippen molar-refractivity contribution in [2.45, 2.75) is 4.90 Å². The third-order valence-electron chi connectivity index (χ3n) is 4.14. The molecule has 160 valence electrons. The molecule has 0 unspecified atom stereocenters. The van der Waals surface area contributed by atoms with Gasteiger partial charge in [0.2, 0.25) is 0 Å². The molecular weight excluding hydrogens is 440 g/mol. The Labute approximate surface area is 185 Å². The monoisotopic (exact) mass is 458 g/mol. The fraction of sp³-hybridized carbons (Fsp3) is 0.0952. The zero-order valence-electron chi connectivity index (χ0n) is 16.5. The highest BCUT2D eigenvalue weighted by atomic mass is 35.5. The summed E-state index contributed by atoms with van der Waals surface area (Å²) in [5.74, 6) is -0.105. The first-order valence-electron chi connectivity index (χ1n) is 9.04. The minimum atomic E-state index is -4.05. The van der Waals surface area contributed by atoms with Gasteiger partial charge in [-0.1, -0.05) is 17.7 Å². The van der Waals surface area contributed by atoms with Crippen LogP contribution in [0.5, 0.6) is 5.75 Å². The molecule has 31 heavy (non-hydrogen) atoms. The number of sulfonamides is 1. The van der Waals surface area contributed by atoms with Gasteiger partial charge < -0.3 is 4.74 Å². The first-order chi connectivity index (χ1) is 14.9. The van der Waals surface area contributed by atoms with Crippen LogP contribution in [-0.4, -0.2) is 39.2 Å². The van der Waals surface area contributed by atoms with E-state index in [2.05, 4.69) is 15.5 Å². The van der Waals surface area contributed by atoms with Crippen LogP contribution in [0.3, 0.4) is 0 Å². The number of rotatable bonds is 8. The Morgan fingerprint density at radius 1 is 1.16 bits per heavy atom. The largest absolute Gasteiger partial charge is 0.497 e. The van der Waals surface area contributed by atoms with Crippen molar-refractivity contribution in [2.24, 2.45) is 5.10 Å². The fourth-order valence-electron chi connectivity index (χ4n) is 2.59. The Balaban J connectivity index is 1.84. The smallest absolute Gasteiger partial charge is 0.264 e. The molecule has 0 aliphatic rings. The van der Waals surface area contributed by atoms with E-state index in [-0.39, 0.29) is 10.6 Å². The van der Waals surface area contributed by atoms with Gasteiger partial charge in [-0.3, -0.25) is 14.1 Å². The lowest BCUT2D eigenvalue weighted by Gasteiger charge is -2.23. The number of halogens is 1. The Hall–Kier alpha value is -3.43. The maximum absolute atomic E-state index is 13.3. The second-order valence-corrected chi connectivity index (χ2v) is 8.54. The Bertz CT molecular complexity index is 1150. The SMILES string of the molecule is COc1ccc(S(=O)(=O)N(CC(=O)N/N=C\c2cccnc2)c2ccc(Cl)cc2)cc1. The van der Waals surface area contributed by atoms with E-state index in [0.29, 0.717) is 16.3 Å². The molecule has 0 saturated carbocycles. The average Bonchev–Trinajstić information content (AvgIpc) is 2.79. The molecular formula is C21H19ClN4O4S. The van der Waals surface area contributed by atoms with Crippen molar-refractivity contribution in [3.05, 3.63) is 83.6 Å². The van der Waals surface area contributed by atoms with Crippen molar-refractivity contribution in [1.29, 1.82) is 0 Å². The molecule has 0 spiro atoms. The number of pyridine rings is 1. The Kier molecular flexibility index (Phi) is 7.22. The molecule has 3 aromatic rings. The summed E-state index contributed by atoms with van der Waals surface area (Å²) in [5, 5.41) is 4.30. The van der Waals surface area contributed by atoms with Gasteiger partial charge in [-0.25, -0.2) is 13.8 Å². The zero-order chi connectivity index (χ0) is 22.3. The van der Waals surface area contributed by atoms with Gasteiger partial charge in [0, 0.05) is 23.0 Å². The number of hydrogen-bond donors (Lipinski definition) is 1. The predicted molar refractivity (Wildman–Crippen MR) is 119 cm³/mol. The van der Waals surface area contributed by atoms with Gasteiger partial charge in [-0.15, -0.1) is 0 Å². The van der Waals surface area contributed by atoms with Crippen LogP contribution in [0.1, 0.15) is 5.56 Å². The first kappa shape index (κ1) is 22.3. The molecule has 0 aliphatic carbocycles. The predicted octanol–water partition coefficient (Wildman–Crippen LogP) is 3.09. The van der Waals surface area contributed by atoms with E-state index >= 15 is 0 Å². The standard InChI is InChI=1S/C21H19ClN4O4S/c1-30-19-8-10-20(11-9-19)31(28,29)26(18-6-4-17(22)5-7-18)15-21(27)25-24-14-16-3-2-12-23-13-16/h2-14H,15H2,1H3,(H,25,27)/b24-14-. The quantitative estimate of drug-likeness (QED) is 0.413. The summed E-state index contributed by atoms with van der Waals surface area (Å²) in [6.07, 6.45) is 4.60. The average molecular weight is 459 g/mol. The number of methoxy groups -OCH3 is 1. The van der Waals surface area contributed by atoms with Crippen molar-refractivity contribution >= 4 is 39.4 Å². The van der Waals surface area contributed by atoms with Gasteiger partial charge >= 0.3 is 0 Å². The molecule has 0 aliphatic heterocycles. The second kappa shape index (κ2) is 10.1. The molecule has 1 aromatic heterocycles. The summed E-state index contributed by atoms with van der Waals surface area (Å²) in [6, 6.07) is 15.5. The van der Waals surface area contributed by atoms with Crippen LogP contribution >= 0.6 is 11.6 Å². The summed E-state index contributed by atoms with van der Waals surface area (Å²) in [4.78, 5) is 16.4. The number of carbonyl (C=O) groups is 1. The lowest BCUT2D eigenvalue weighted by Crippen LogP contribution is -2.39. The number of nitrogens with zero attached hydrogens (tertiary/aromatic N) is 3. The molecule has 1 N–H and O–H groups in total. The lowest BCUT2D eigenvalue weighted by atomic mass is 10.3. The Morgan fingerprint density at radius 3 is 2.48 bits per heavy atom. The van der Waals surface area contributed by atoms with Crippen LogP contribution in [-0.2, 0) is 14.8 Å². The van der Waals surface area contributed by atoms with Gasteiger partial charge in [0.15, 0.2) is 0 Å². The Morgan fingerprint density at radius 2 is 1.87 bits per heavy atom. The molecule has 0 atom stereocenters. The second-order valence-electron chi connectivity index (χ2n) is 6.24. The summed E-state index contributed by atoms with van der Waals surface area (Å²) < 4.78 is 32.6. The molecule has 8 nitrogen and oxygen atoms in total. The number of carbonyl (C=O) groups excluding carboxylic acids is 1. The number of ether oxygens (including phenoxy) is 1. The van der Waals surface area contributed by atoms with Crippen molar-refractivity contribution in [1.82, 2.24) is 10.4 Å². The highest BCUT2D eigenvalue weighted by molar-refractivity contribution is 7.92. The van der Waals surface area contributed by atoms with Crippen molar-refractivity contribution in [2.75, 3.05) is 18.0 Å². The zero-order valence-corrected chi connectivity index (χ0v) is 18.0. The van der Waals surface area contributed by atoms with E-state index in [0.717, 1.165) is 4.31 Å². The molecule has 1 amide bonds. The minimum Gasteiger partial charge on any atom is -0.497 e. The third kappa shape index (κ3) is 5.80. The van der Waals surface area contributed by atoms with Crippen LogP contribution in [0, 0.1) is 0 Å². The number of hydrazone groups is 1. The van der Waals surface area contributed by atoms with Crippen LogP contribution in [0.15, 0.2) is 83.1 Å². The van der Waals surface area contributed by atoms with Crippen LogP contribution in [0.25, 0.3) is 0 Å². The van der Waals surface area contributed by atoms with Crippen LogP contribution < -0.4 is 14.5 Å². The summed E-state index contributed by atoms with van der Waals surface area (Å²) in [6.45, 7) is -0.486. The highest BCUT2D eigenvalue weighted by Crippen LogP contribution is 2.26. The van der Waals surface area contributed by atoms with Gasteiger partial charge in [0.05, 0.1) is 23.9 Å². The molecule has 1 heterocycles. The van der Waals surface area contributed by atoms with Gasteiger partial charge in [-0.05, 0) is 54.6 Å². The molecule has 0 radical (unpaired) electrons. The van der Waals surface area contributed by atoms with E-state index < -0.39 is 22.5 Å². The molecule has 0 fully saturated rings. The van der Waals surface area contributed by atoms with Crippen molar-refractivity contribution in [3.8, 4) is 5.75 Å². The van der Waals surface area contributed by atoms with Crippen LogP contribution in [0.2, 0.25) is 5.02 Å². The van der Waals surface area contributed by atoms with Crippen molar-refractivity contribution < 1.29 is 17.9 Å². The summed E-state index contributed by atoms with van der Waals surface area (Å²) in [5.41, 5.74) is 3.30. The highest BCUT2D eigenvalue weighted by Gasteiger charge is 2.27. The van der Waals surface area contributed by atoms with E-state index in [1.807, 2.05) is 0 Å². The first-order valence-corrected chi connectivity index (χ1v) is 10.9. The maximum atomic E-state index is 13.3. The topological polar surface area (TPSA) is 101 Å². The van der Waals surface area contributed by atoms with E-state index in [9.17, 15) is 13.2 Å². The normalized spacial score (nSPS) is 11.3. The number of aromatic nitrogens is 1. The maximum Gasteiger partial charge on any atom is 0.264 e. The number of nitrogens with one attached hydrogen (secondary N) is 1. The number of anilines is 1. The summed E-state index contributed by atoms with van der Waals surface area (Å²) >= 11 is 5.93. The van der Waals surface area contributed by atoms with E-state index in [1.54, 1.807) is 36.7 Å². The van der Waals surface area contributed by atoms with Gasteiger partial charge in [-0.2, -0.15) is 5.10 Å². The molecule has 3 rings (SSSR count). The molecule has 0 bridgehead atoms. The number of hydrogen-bond acceptors (Lipinski definition) is 6. The lowest BCUT2D eigenvalue weighted by molar-refractivity contribution is -0.119. The third-order valence-corrected chi connectivity index (χ3v) is 6.18. The summed E-state index contributed by atoms with van der Waals surface area (Å²) in [7, 11) is -2.57. The minimum absolute atomic E-state index is 0.00918. The van der Waals surface area contributed by atoms with Crippen LogP contribution in [0.4, 0.5) is 5.69 Å².